The second-order valence-electron chi connectivity index (χ2n) is 4.85. The maximum atomic E-state index is 3.92. The molecule has 0 aromatic carbocycles. The van der Waals surface area contributed by atoms with Crippen molar-refractivity contribution in [2.75, 3.05) is 0 Å². The molecular formula is C12H15Br3S. The van der Waals surface area contributed by atoms with Crippen molar-refractivity contribution in [2.45, 2.75) is 43.9 Å². The summed E-state index contributed by atoms with van der Waals surface area (Å²) < 4.78 is 2.38. The molecule has 1 unspecified atom stereocenters. The van der Waals surface area contributed by atoms with Crippen LogP contribution in [0, 0.1) is 5.41 Å². The number of halogens is 3. The number of alkyl halides is 1. The van der Waals surface area contributed by atoms with Gasteiger partial charge in [0.15, 0.2) is 0 Å². The molecule has 1 aliphatic rings. The van der Waals surface area contributed by atoms with Crippen molar-refractivity contribution in [1.82, 2.24) is 0 Å². The first-order valence-electron chi connectivity index (χ1n) is 5.62. The smallest absolute Gasteiger partial charge is 0.0843 e. The van der Waals surface area contributed by atoms with Gasteiger partial charge in [0.2, 0.25) is 0 Å². The summed E-state index contributed by atoms with van der Waals surface area (Å²) in [5, 5.41) is 0. The lowest BCUT2D eigenvalue weighted by Gasteiger charge is -2.37. The van der Waals surface area contributed by atoms with Crippen molar-refractivity contribution in [3.63, 3.8) is 0 Å². The quantitative estimate of drug-likeness (QED) is 0.459. The standard InChI is InChI=1S/C12H15Br3S/c1-12(5-3-2-4-6-12)10(14)9-7-8(13)11(15)16-9/h7,10H,2-6H2,1H3. The number of rotatable bonds is 2. The summed E-state index contributed by atoms with van der Waals surface area (Å²) in [5.41, 5.74) is 0.433. The lowest BCUT2D eigenvalue weighted by atomic mass is 9.73. The average molecular weight is 431 g/mol. The molecule has 0 bridgehead atoms. The topological polar surface area (TPSA) is 0 Å². The van der Waals surface area contributed by atoms with E-state index in [9.17, 15) is 0 Å². The summed E-state index contributed by atoms with van der Waals surface area (Å²) in [6.45, 7) is 2.42. The highest BCUT2D eigenvalue weighted by molar-refractivity contribution is 9.13. The maximum Gasteiger partial charge on any atom is 0.0843 e. The molecule has 1 aromatic heterocycles. The summed E-state index contributed by atoms with van der Waals surface area (Å²) in [4.78, 5) is 1.93. The Hall–Kier alpha value is 1.14. The highest BCUT2D eigenvalue weighted by atomic mass is 79.9. The molecule has 0 N–H and O–H groups in total. The van der Waals surface area contributed by atoms with Crippen molar-refractivity contribution in [3.8, 4) is 0 Å². The molecule has 0 amide bonds. The largest absolute Gasteiger partial charge is 0.131 e. The van der Waals surface area contributed by atoms with Gasteiger partial charge in [0.1, 0.15) is 0 Å². The fourth-order valence-corrected chi connectivity index (χ4v) is 5.56. The molecule has 1 atom stereocenters. The predicted octanol–water partition coefficient (Wildman–Crippen LogP) is 6.68. The zero-order valence-corrected chi connectivity index (χ0v) is 14.8. The molecular weight excluding hydrogens is 416 g/mol. The van der Waals surface area contributed by atoms with E-state index in [0.29, 0.717) is 10.2 Å². The maximum absolute atomic E-state index is 3.92. The fraction of sp³-hybridized carbons (Fsp3) is 0.667. The fourth-order valence-electron chi connectivity index (χ4n) is 2.44. The molecule has 1 fully saturated rings. The molecule has 0 radical (unpaired) electrons. The molecule has 2 rings (SSSR count). The number of hydrogen-bond acceptors (Lipinski definition) is 1. The van der Waals surface area contributed by atoms with E-state index in [2.05, 4.69) is 60.8 Å². The van der Waals surface area contributed by atoms with E-state index in [-0.39, 0.29) is 0 Å². The van der Waals surface area contributed by atoms with Crippen LogP contribution in [-0.4, -0.2) is 0 Å². The Morgan fingerprint density at radius 3 is 2.38 bits per heavy atom. The van der Waals surface area contributed by atoms with Crippen LogP contribution in [0.3, 0.4) is 0 Å². The third kappa shape index (κ3) is 2.76. The third-order valence-electron chi connectivity index (χ3n) is 3.52. The molecule has 0 nitrogen and oxygen atoms in total. The molecule has 0 spiro atoms. The van der Waals surface area contributed by atoms with Crippen LogP contribution in [0.2, 0.25) is 0 Å². The summed E-state index contributed by atoms with van der Waals surface area (Å²) >= 11 is 12.9. The van der Waals surface area contributed by atoms with Gasteiger partial charge in [-0.1, -0.05) is 42.1 Å². The zero-order chi connectivity index (χ0) is 11.8. The Bertz CT molecular complexity index is 347. The lowest BCUT2D eigenvalue weighted by molar-refractivity contribution is 0.214. The molecule has 1 saturated carbocycles. The first-order valence-corrected chi connectivity index (χ1v) is 8.93. The van der Waals surface area contributed by atoms with E-state index in [1.807, 2.05) is 11.3 Å². The Morgan fingerprint density at radius 1 is 1.25 bits per heavy atom. The Morgan fingerprint density at radius 2 is 1.88 bits per heavy atom. The van der Waals surface area contributed by atoms with Crippen molar-refractivity contribution in [2.24, 2.45) is 5.41 Å². The van der Waals surface area contributed by atoms with E-state index < -0.39 is 0 Å². The van der Waals surface area contributed by atoms with Crippen LogP contribution in [0.1, 0.15) is 48.7 Å². The second-order valence-corrected chi connectivity index (χ2v) is 9.02. The van der Waals surface area contributed by atoms with Crippen LogP contribution in [0.25, 0.3) is 0 Å². The van der Waals surface area contributed by atoms with Crippen molar-refractivity contribution in [3.05, 3.63) is 19.2 Å². The predicted molar refractivity (Wildman–Crippen MR) is 82.6 cm³/mol. The van der Waals surface area contributed by atoms with Gasteiger partial charge in [0.05, 0.1) is 8.61 Å². The van der Waals surface area contributed by atoms with Crippen molar-refractivity contribution in [1.29, 1.82) is 0 Å². The normalized spacial score (nSPS) is 22.0. The monoisotopic (exact) mass is 428 g/mol. The number of hydrogen-bond donors (Lipinski definition) is 0. The third-order valence-corrected chi connectivity index (χ3v) is 8.74. The van der Waals surface area contributed by atoms with Gasteiger partial charge in [-0.05, 0) is 56.2 Å². The van der Waals surface area contributed by atoms with Crippen LogP contribution in [-0.2, 0) is 0 Å². The first kappa shape index (κ1) is 13.6. The van der Waals surface area contributed by atoms with Gasteiger partial charge in [0.25, 0.3) is 0 Å². The Labute approximate surface area is 127 Å². The van der Waals surface area contributed by atoms with Crippen LogP contribution >= 0.6 is 59.1 Å². The minimum atomic E-state index is 0.433. The average Bonchev–Trinajstić information content (AvgIpc) is 2.59. The van der Waals surface area contributed by atoms with E-state index >= 15 is 0 Å². The van der Waals surface area contributed by atoms with Gasteiger partial charge in [-0.25, -0.2) is 0 Å². The lowest BCUT2D eigenvalue weighted by Crippen LogP contribution is -2.24. The second kappa shape index (κ2) is 5.41. The molecule has 1 heterocycles. The Kier molecular flexibility index (Phi) is 4.59. The minimum absolute atomic E-state index is 0.433. The molecule has 16 heavy (non-hydrogen) atoms. The van der Waals surface area contributed by atoms with Gasteiger partial charge >= 0.3 is 0 Å². The molecule has 4 heteroatoms. The molecule has 1 aliphatic carbocycles. The summed E-state index contributed by atoms with van der Waals surface area (Å²) in [7, 11) is 0. The summed E-state index contributed by atoms with van der Waals surface area (Å²) in [6.07, 6.45) is 6.86. The van der Waals surface area contributed by atoms with Gasteiger partial charge < -0.3 is 0 Å². The molecule has 90 valence electrons. The summed E-state index contributed by atoms with van der Waals surface area (Å²) in [6, 6.07) is 2.24. The van der Waals surface area contributed by atoms with Crippen LogP contribution in [0.5, 0.6) is 0 Å². The highest BCUT2D eigenvalue weighted by Crippen LogP contribution is 2.52. The minimum Gasteiger partial charge on any atom is -0.131 e. The van der Waals surface area contributed by atoms with E-state index in [1.54, 1.807) is 0 Å². The van der Waals surface area contributed by atoms with Gasteiger partial charge in [-0.3, -0.25) is 0 Å². The summed E-state index contributed by atoms with van der Waals surface area (Å²) in [5.74, 6) is 0. The van der Waals surface area contributed by atoms with Gasteiger partial charge in [-0.2, -0.15) is 0 Å². The molecule has 1 aromatic rings. The van der Waals surface area contributed by atoms with E-state index in [1.165, 1.54) is 45.2 Å². The Balaban J connectivity index is 2.20. The van der Waals surface area contributed by atoms with Crippen LogP contribution in [0.4, 0.5) is 0 Å². The van der Waals surface area contributed by atoms with Gasteiger partial charge in [0, 0.05) is 9.35 Å². The van der Waals surface area contributed by atoms with Gasteiger partial charge in [-0.15, -0.1) is 11.3 Å². The number of thiophene rings is 1. The van der Waals surface area contributed by atoms with E-state index in [4.69, 9.17) is 0 Å². The molecule has 0 aliphatic heterocycles. The highest BCUT2D eigenvalue weighted by Gasteiger charge is 2.35. The van der Waals surface area contributed by atoms with Crippen molar-refractivity contribution >= 4 is 59.1 Å². The van der Waals surface area contributed by atoms with Crippen molar-refractivity contribution < 1.29 is 0 Å². The molecule has 0 saturated heterocycles. The van der Waals surface area contributed by atoms with E-state index in [0.717, 1.165) is 0 Å². The first-order chi connectivity index (χ1) is 7.53. The van der Waals surface area contributed by atoms with Crippen LogP contribution < -0.4 is 0 Å². The van der Waals surface area contributed by atoms with Crippen LogP contribution in [0.15, 0.2) is 14.3 Å². The zero-order valence-electron chi connectivity index (χ0n) is 9.23. The SMILES string of the molecule is CC1(C(Br)c2cc(Br)c(Br)s2)CCCCC1.